The van der Waals surface area contributed by atoms with Gasteiger partial charge in [0.2, 0.25) is 5.91 Å². The Labute approximate surface area is 153 Å². The Hall–Kier alpha value is -1.88. The number of thioether (sulfide) groups is 1. The number of halogens is 1. The second kappa shape index (κ2) is 8.99. The van der Waals surface area contributed by atoms with Crippen LogP contribution in [0, 0.1) is 11.2 Å². The lowest BCUT2D eigenvalue weighted by Crippen LogP contribution is -2.32. The molecule has 1 N–H and O–H groups in total. The number of nitrogens with one attached hydrogen (secondary N) is 1. The smallest absolute Gasteiger partial charge is 0.230 e. The number of hydrogen-bond donors (Lipinski definition) is 1. The van der Waals surface area contributed by atoms with E-state index in [-0.39, 0.29) is 23.2 Å². The van der Waals surface area contributed by atoms with Crippen molar-refractivity contribution in [1.29, 1.82) is 0 Å². The molecule has 5 heteroatoms. The summed E-state index contributed by atoms with van der Waals surface area (Å²) < 4.78 is 13.2. The standard InChI is InChI=1S/C20H25FN2OS/c1-20(2,3)11-18(16-6-8-17(21)9-7-16)23-19(24)14-25-13-15-5-4-10-22-12-15/h4-10,12,18H,11,13-14H2,1-3H3,(H,23,24). The van der Waals surface area contributed by atoms with E-state index in [2.05, 4.69) is 31.1 Å². The molecule has 0 aliphatic carbocycles. The largest absolute Gasteiger partial charge is 0.349 e. The van der Waals surface area contributed by atoms with Gasteiger partial charge in [0.15, 0.2) is 0 Å². The summed E-state index contributed by atoms with van der Waals surface area (Å²) in [5.74, 6) is 0.863. The van der Waals surface area contributed by atoms with Crippen molar-refractivity contribution >= 4 is 17.7 Å². The van der Waals surface area contributed by atoms with E-state index in [4.69, 9.17) is 0 Å². The monoisotopic (exact) mass is 360 g/mol. The summed E-state index contributed by atoms with van der Waals surface area (Å²) >= 11 is 1.56. The van der Waals surface area contributed by atoms with Crippen LogP contribution in [-0.4, -0.2) is 16.6 Å². The summed E-state index contributed by atoms with van der Waals surface area (Å²) in [5, 5.41) is 3.10. The summed E-state index contributed by atoms with van der Waals surface area (Å²) in [6.07, 6.45) is 4.34. The van der Waals surface area contributed by atoms with Crippen molar-refractivity contribution in [2.75, 3.05) is 5.75 Å². The van der Waals surface area contributed by atoms with Gasteiger partial charge >= 0.3 is 0 Å². The van der Waals surface area contributed by atoms with E-state index in [9.17, 15) is 9.18 Å². The average Bonchev–Trinajstić information content (AvgIpc) is 2.54. The number of carbonyl (C=O) groups excluding carboxylic acids is 1. The number of hydrogen-bond acceptors (Lipinski definition) is 3. The molecule has 0 fully saturated rings. The highest BCUT2D eigenvalue weighted by Crippen LogP contribution is 2.29. The Morgan fingerprint density at radius 3 is 2.56 bits per heavy atom. The Morgan fingerprint density at radius 1 is 1.24 bits per heavy atom. The maximum absolute atomic E-state index is 13.2. The van der Waals surface area contributed by atoms with Crippen LogP contribution in [0.5, 0.6) is 0 Å². The van der Waals surface area contributed by atoms with Gasteiger partial charge in [-0.25, -0.2) is 4.39 Å². The van der Waals surface area contributed by atoms with Crippen molar-refractivity contribution in [2.24, 2.45) is 5.41 Å². The fraction of sp³-hybridized carbons (Fsp3) is 0.400. The van der Waals surface area contributed by atoms with E-state index >= 15 is 0 Å². The molecule has 1 atom stereocenters. The lowest BCUT2D eigenvalue weighted by molar-refractivity contribution is -0.119. The number of pyridine rings is 1. The molecule has 0 aliphatic heterocycles. The Kier molecular flexibility index (Phi) is 7.00. The van der Waals surface area contributed by atoms with Crippen LogP contribution >= 0.6 is 11.8 Å². The number of rotatable bonds is 7. The highest BCUT2D eigenvalue weighted by molar-refractivity contribution is 7.99. The van der Waals surface area contributed by atoms with E-state index in [1.165, 1.54) is 12.1 Å². The highest BCUT2D eigenvalue weighted by atomic mass is 32.2. The zero-order chi connectivity index (χ0) is 18.3. The molecule has 0 radical (unpaired) electrons. The van der Waals surface area contributed by atoms with Gasteiger partial charge in [0.1, 0.15) is 5.82 Å². The van der Waals surface area contributed by atoms with Crippen LogP contribution in [0.15, 0.2) is 48.8 Å². The quantitative estimate of drug-likeness (QED) is 0.775. The molecule has 2 aromatic rings. The molecule has 0 saturated heterocycles. The molecule has 134 valence electrons. The molecule has 1 heterocycles. The first-order valence-corrected chi connectivity index (χ1v) is 9.50. The Bertz CT molecular complexity index is 668. The molecule has 2 rings (SSSR count). The normalized spacial score (nSPS) is 12.6. The lowest BCUT2D eigenvalue weighted by atomic mass is 9.85. The maximum Gasteiger partial charge on any atom is 0.230 e. The van der Waals surface area contributed by atoms with E-state index in [1.807, 2.05) is 18.3 Å². The minimum Gasteiger partial charge on any atom is -0.349 e. The van der Waals surface area contributed by atoms with Gasteiger partial charge in [-0.1, -0.05) is 39.0 Å². The number of benzene rings is 1. The topological polar surface area (TPSA) is 42.0 Å². The Balaban J connectivity index is 1.93. The maximum atomic E-state index is 13.2. The second-order valence-electron chi connectivity index (χ2n) is 7.29. The third kappa shape index (κ3) is 7.26. The summed E-state index contributed by atoms with van der Waals surface area (Å²) in [4.78, 5) is 16.4. The van der Waals surface area contributed by atoms with Crippen molar-refractivity contribution in [3.63, 3.8) is 0 Å². The van der Waals surface area contributed by atoms with Gasteiger partial charge in [0.25, 0.3) is 0 Å². The first-order valence-electron chi connectivity index (χ1n) is 8.35. The van der Waals surface area contributed by atoms with Crippen LogP contribution < -0.4 is 5.32 Å². The molecule has 0 saturated carbocycles. The number of nitrogens with zero attached hydrogens (tertiary/aromatic N) is 1. The summed E-state index contributed by atoms with van der Waals surface area (Å²) in [5.41, 5.74) is 2.09. The molecule has 3 nitrogen and oxygen atoms in total. The van der Waals surface area contributed by atoms with Crippen LogP contribution in [0.25, 0.3) is 0 Å². The van der Waals surface area contributed by atoms with Gasteiger partial charge in [0, 0.05) is 18.1 Å². The molecule has 1 unspecified atom stereocenters. The van der Waals surface area contributed by atoms with Crippen LogP contribution in [-0.2, 0) is 10.5 Å². The van der Waals surface area contributed by atoms with Crippen molar-refractivity contribution in [3.05, 3.63) is 65.7 Å². The fourth-order valence-electron chi connectivity index (χ4n) is 2.54. The molecule has 25 heavy (non-hydrogen) atoms. The van der Waals surface area contributed by atoms with Crippen LogP contribution in [0.4, 0.5) is 4.39 Å². The van der Waals surface area contributed by atoms with Crippen LogP contribution in [0.3, 0.4) is 0 Å². The molecule has 1 amide bonds. The van der Waals surface area contributed by atoms with Gasteiger partial charge in [-0.15, -0.1) is 11.8 Å². The number of aromatic nitrogens is 1. The van der Waals surface area contributed by atoms with Crippen molar-refractivity contribution in [3.8, 4) is 0 Å². The summed E-state index contributed by atoms with van der Waals surface area (Å²) in [6.45, 7) is 6.40. The fourth-order valence-corrected chi connectivity index (χ4v) is 3.32. The molecule has 1 aromatic heterocycles. The average molecular weight is 360 g/mol. The van der Waals surface area contributed by atoms with E-state index < -0.39 is 0 Å². The van der Waals surface area contributed by atoms with Gasteiger partial charge in [-0.3, -0.25) is 9.78 Å². The predicted molar refractivity (Wildman–Crippen MR) is 102 cm³/mol. The summed E-state index contributed by atoms with van der Waals surface area (Å²) in [6, 6.07) is 10.1. The van der Waals surface area contributed by atoms with E-state index in [1.54, 1.807) is 30.1 Å². The third-order valence-electron chi connectivity index (χ3n) is 3.65. The van der Waals surface area contributed by atoms with Crippen molar-refractivity contribution in [1.82, 2.24) is 10.3 Å². The highest BCUT2D eigenvalue weighted by Gasteiger charge is 2.22. The minimum atomic E-state index is -0.267. The number of carbonyl (C=O) groups is 1. The minimum absolute atomic E-state index is 0.00698. The van der Waals surface area contributed by atoms with Crippen LogP contribution in [0.1, 0.15) is 44.4 Å². The molecular formula is C20H25FN2OS. The van der Waals surface area contributed by atoms with Gasteiger partial charge in [-0.05, 0) is 41.2 Å². The molecular weight excluding hydrogens is 335 g/mol. The zero-order valence-electron chi connectivity index (χ0n) is 15.0. The van der Waals surface area contributed by atoms with Crippen LogP contribution in [0.2, 0.25) is 0 Å². The number of amides is 1. The van der Waals surface area contributed by atoms with E-state index in [0.717, 1.165) is 23.3 Å². The summed E-state index contributed by atoms with van der Waals surface area (Å²) in [7, 11) is 0. The molecule has 1 aromatic carbocycles. The van der Waals surface area contributed by atoms with Gasteiger partial charge in [0.05, 0.1) is 11.8 Å². The Morgan fingerprint density at radius 2 is 1.96 bits per heavy atom. The zero-order valence-corrected chi connectivity index (χ0v) is 15.8. The van der Waals surface area contributed by atoms with Gasteiger partial charge < -0.3 is 5.32 Å². The van der Waals surface area contributed by atoms with Crippen molar-refractivity contribution < 1.29 is 9.18 Å². The second-order valence-corrected chi connectivity index (χ2v) is 8.28. The SMILES string of the molecule is CC(C)(C)CC(NC(=O)CSCc1cccnc1)c1ccc(F)cc1. The first kappa shape index (κ1) is 19.4. The lowest BCUT2D eigenvalue weighted by Gasteiger charge is -2.27. The molecule has 0 bridgehead atoms. The van der Waals surface area contributed by atoms with Gasteiger partial charge in [-0.2, -0.15) is 0 Å². The predicted octanol–water partition coefficient (Wildman–Crippen LogP) is 4.75. The molecule has 0 aliphatic rings. The third-order valence-corrected chi connectivity index (χ3v) is 4.65. The van der Waals surface area contributed by atoms with Crippen molar-refractivity contribution in [2.45, 2.75) is 39.0 Å². The molecule has 0 spiro atoms. The van der Waals surface area contributed by atoms with E-state index in [0.29, 0.717) is 5.75 Å². The first-order chi connectivity index (χ1) is 11.8.